The van der Waals surface area contributed by atoms with Gasteiger partial charge in [-0.3, -0.25) is 9.59 Å². The third-order valence-corrected chi connectivity index (χ3v) is 7.80. The highest BCUT2D eigenvalue weighted by Gasteiger charge is 2.47. The number of phenols is 2. The Morgan fingerprint density at radius 1 is 1.13 bits per heavy atom. The lowest BCUT2D eigenvalue weighted by Gasteiger charge is -2.42. The molecule has 0 unspecified atom stereocenters. The van der Waals surface area contributed by atoms with Crippen molar-refractivity contribution in [3.63, 3.8) is 0 Å². The normalized spacial score (nSPS) is 30.4. The molecule has 1 aliphatic heterocycles. The van der Waals surface area contributed by atoms with E-state index in [1.54, 1.807) is 13.0 Å². The van der Waals surface area contributed by atoms with E-state index in [9.17, 15) is 35.1 Å². The lowest BCUT2D eigenvalue weighted by atomic mass is 9.72. The number of hydrogen-bond acceptors (Lipinski definition) is 11. The molecular weight excluding hydrogens is 498 g/mol. The zero-order valence-corrected chi connectivity index (χ0v) is 21.0. The van der Waals surface area contributed by atoms with Gasteiger partial charge in [-0.15, -0.1) is 0 Å². The van der Waals surface area contributed by atoms with Crippen molar-refractivity contribution >= 4 is 11.6 Å². The fourth-order valence-electron chi connectivity index (χ4n) is 5.86. The highest BCUT2D eigenvalue weighted by atomic mass is 16.7. The molecule has 3 aliphatic rings. The molecule has 0 radical (unpaired) electrons. The Morgan fingerprint density at radius 2 is 1.84 bits per heavy atom. The van der Waals surface area contributed by atoms with E-state index in [4.69, 9.17) is 19.9 Å². The van der Waals surface area contributed by atoms with Gasteiger partial charge in [-0.25, -0.2) is 0 Å². The summed E-state index contributed by atoms with van der Waals surface area (Å²) in [6, 6.07) is 3.84. The van der Waals surface area contributed by atoms with Crippen LogP contribution in [0.4, 0.5) is 0 Å². The number of rotatable bonds is 5. The van der Waals surface area contributed by atoms with Crippen LogP contribution < -0.4 is 10.5 Å². The van der Waals surface area contributed by atoms with Crippen molar-refractivity contribution in [1.82, 2.24) is 0 Å². The molecule has 38 heavy (non-hydrogen) atoms. The number of phenolic OH excluding ortho intramolecular Hbond substituents is 2. The highest BCUT2D eigenvalue weighted by molar-refractivity contribution is 6.31. The minimum Gasteiger partial charge on any atom is -0.507 e. The number of aliphatic hydroxyl groups excluding tert-OH is 2. The zero-order valence-electron chi connectivity index (χ0n) is 21.0. The van der Waals surface area contributed by atoms with Gasteiger partial charge in [0.15, 0.2) is 12.1 Å². The van der Waals surface area contributed by atoms with Crippen LogP contribution in [0.2, 0.25) is 0 Å². The minimum atomic E-state index is -1.56. The number of aliphatic hydroxyl groups is 3. The zero-order chi connectivity index (χ0) is 27.5. The largest absolute Gasteiger partial charge is 0.507 e. The van der Waals surface area contributed by atoms with Crippen LogP contribution >= 0.6 is 0 Å². The van der Waals surface area contributed by atoms with Gasteiger partial charge in [0.2, 0.25) is 5.78 Å². The predicted molar refractivity (Wildman–Crippen MR) is 131 cm³/mol. The summed E-state index contributed by atoms with van der Waals surface area (Å²) in [6.07, 6.45) is -3.89. The van der Waals surface area contributed by atoms with Crippen LogP contribution in [-0.4, -0.2) is 81.0 Å². The molecule has 11 nitrogen and oxygen atoms in total. The van der Waals surface area contributed by atoms with E-state index in [1.165, 1.54) is 19.2 Å². The molecule has 7 N–H and O–H groups in total. The first kappa shape index (κ1) is 26.5. The van der Waals surface area contributed by atoms with Gasteiger partial charge < -0.3 is 45.5 Å². The maximum atomic E-state index is 13.6. The first-order chi connectivity index (χ1) is 18.0. The average molecular weight is 530 g/mol. The lowest BCUT2D eigenvalue weighted by molar-refractivity contribution is -0.248. The molecule has 0 aromatic heterocycles. The second kappa shape index (κ2) is 9.60. The molecule has 2 aromatic carbocycles. The maximum absolute atomic E-state index is 13.6. The van der Waals surface area contributed by atoms with Crippen molar-refractivity contribution in [2.45, 2.75) is 68.9 Å². The molecule has 2 aliphatic carbocycles. The maximum Gasteiger partial charge on any atom is 0.202 e. The van der Waals surface area contributed by atoms with Crippen molar-refractivity contribution in [2.24, 2.45) is 5.73 Å². The number of hydrogen-bond donors (Lipinski definition) is 6. The van der Waals surface area contributed by atoms with Crippen LogP contribution in [-0.2, 0) is 15.9 Å². The minimum absolute atomic E-state index is 0.0165. The molecule has 1 saturated heterocycles. The fourth-order valence-corrected chi connectivity index (χ4v) is 5.86. The molecule has 5 rings (SSSR count). The van der Waals surface area contributed by atoms with Crippen molar-refractivity contribution < 1.29 is 49.3 Å². The number of ketones is 2. The van der Waals surface area contributed by atoms with E-state index in [0.717, 1.165) is 0 Å². The molecule has 0 amide bonds. The summed E-state index contributed by atoms with van der Waals surface area (Å²) < 4.78 is 17.2. The summed E-state index contributed by atoms with van der Waals surface area (Å²) in [6.45, 7) is 1.26. The third kappa shape index (κ3) is 4.06. The average Bonchev–Trinajstić information content (AvgIpc) is 2.87. The number of nitrogens with two attached hydrogens (primary N) is 1. The third-order valence-electron chi connectivity index (χ3n) is 7.80. The standard InChI is InChI=1S/C27H31NO10/c1-11-22(30)14(28)8-17(37-11)38-16-10-27(35,6-7-29)9-13-19(16)26(34)21-20(24(13)32)23(31)12-4-3-5-15(36-2)18(12)25(21)33/h3-5,11,14,16-17,22,29-30,32,34-35H,6-10,28H2,1-2H3/t11-,14-,16-,17-,22-,27-/m0/s1. The Kier molecular flexibility index (Phi) is 6.70. The van der Waals surface area contributed by atoms with Crippen LogP contribution in [0.5, 0.6) is 17.2 Å². The monoisotopic (exact) mass is 529 g/mol. The number of methoxy groups -OCH3 is 1. The van der Waals surface area contributed by atoms with E-state index in [-0.39, 0.29) is 71.4 Å². The Balaban J connectivity index is 1.66. The number of ether oxygens (including phenoxy) is 3. The molecule has 0 spiro atoms. The van der Waals surface area contributed by atoms with Gasteiger partial charge in [-0.2, -0.15) is 0 Å². The van der Waals surface area contributed by atoms with Crippen molar-refractivity contribution in [2.75, 3.05) is 13.7 Å². The van der Waals surface area contributed by atoms with E-state index in [1.807, 2.05) is 0 Å². The lowest BCUT2D eigenvalue weighted by Crippen LogP contribution is -2.52. The molecule has 0 saturated carbocycles. The first-order valence-electron chi connectivity index (χ1n) is 12.5. The Morgan fingerprint density at radius 3 is 2.50 bits per heavy atom. The van der Waals surface area contributed by atoms with Gasteiger partial charge in [0.05, 0.1) is 47.7 Å². The summed E-state index contributed by atoms with van der Waals surface area (Å²) in [5.74, 6) is -2.33. The highest BCUT2D eigenvalue weighted by Crippen LogP contribution is 2.52. The molecule has 2 aromatic rings. The predicted octanol–water partition coefficient (Wildman–Crippen LogP) is 0.822. The van der Waals surface area contributed by atoms with E-state index >= 15 is 0 Å². The quantitative estimate of drug-likeness (QED) is 0.257. The molecular formula is C27H31NO10. The van der Waals surface area contributed by atoms with E-state index in [0.29, 0.717) is 0 Å². The summed E-state index contributed by atoms with van der Waals surface area (Å²) in [5, 5.41) is 53.9. The smallest absolute Gasteiger partial charge is 0.202 e. The summed E-state index contributed by atoms with van der Waals surface area (Å²) >= 11 is 0. The molecule has 1 heterocycles. The van der Waals surface area contributed by atoms with Gasteiger partial charge in [0, 0.05) is 48.6 Å². The Labute approximate surface area is 218 Å². The van der Waals surface area contributed by atoms with E-state index < -0.39 is 59.3 Å². The first-order valence-corrected chi connectivity index (χ1v) is 12.5. The van der Waals surface area contributed by atoms with Gasteiger partial charge in [-0.05, 0) is 19.4 Å². The number of carbonyl (C=O) groups is 2. The van der Waals surface area contributed by atoms with Gasteiger partial charge in [-0.1, -0.05) is 12.1 Å². The number of aromatic hydroxyl groups is 2. The fraction of sp³-hybridized carbons (Fsp3) is 0.481. The van der Waals surface area contributed by atoms with Gasteiger partial charge >= 0.3 is 0 Å². The summed E-state index contributed by atoms with van der Waals surface area (Å²) in [4.78, 5) is 27.1. The van der Waals surface area contributed by atoms with Crippen molar-refractivity contribution in [3.05, 3.63) is 51.6 Å². The van der Waals surface area contributed by atoms with Crippen LogP contribution in [0.3, 0.4) is 0 Å². The second-order valence-electron chi connectivity index (χ2n) is 10.2. The number of fused-ring (bicyclic) bond motifs is 3. The van der Waals surface area contributed by atoms with Crippen molar-refractivity contribution in [3.8, 4) is 17.2 Å². The van der Waals surface area contributed by atoms with Crippen LogP contribution in [0.1, 0.15) is 75.3 Å². The van der Waals surface area contributed by atoms with Crippen LogP contribution in [0.15, 0.2) is 18.2 Å². The summed E-state index contributed by atoms with van der Waals surface area (Å²) in [5.41, 5.74) is 3.79. The summed E-state index contributed by atoms with van der Waals surface area (Å²) in [7, 11) is 1.35. The second-order valence-corrected chi connectivity index (χ2v) is 10.2. The molecule has 0 bridgehead atoms. The van der Waals surface area contributed by atoms with Crippen LogP contribution in [0, 0.1) is 0 Å². The van der Waals surface area contributed by atoms with E-state index in [2.05, 4.69) is 0 Å². The van der Waals surface area contributed by atoms with Gasteiger partial charge in [0.25, 0.3) is 0 Å². The molecule has 1 fully saturated rings. The molecule has 204 valence electrons. The topological polar surface area (TPSA) is 189 Å². The molecule has 11 heteroatoms. The van der Waals surface area contributed by atoms with Gasteiger partial charge in [0.1, 0.15) is 17.2 Å². The number of carbonyl (C=O) groups excluding carboxylic acids is 2. The Hall–Kier alpha value is -3.06. The van der Waals surface area contributed by atoms with Crippen LogP contribution in [0.25, 0.3) is 0 Å². The molecule has 6 atom stereocenters. The Bertz CT molecular complexity index is 1300. The van der Waals surface area contributed by atoms with Crippen molar-refractivity contribution in [1.29, 1.82) is 0 Å². The SMILES string of the molecule is COc1cccc2c1C(=O)c1c(O)c3c(c(O)c1C2=O)C[C@@](O)(CCO)C[C@@H]3O[C@H]1C[C@H](N)[C@@H](O)[C@H](C)O1. The number of benzene rings is 2.